The molecule has 5 heterocycles. The van der Waals surface area contributed by atoms with Gasteiger partial charge in [0.1, 0.15) is 23.6 Å². The molecule has 0 saturated carbocycles. The van der Waals surface area contributed by atoms with Gasteiger partial charge in [0.2, 0.25) is 0 Å². The van der Waals surface area contributed by atoms with E-state index >= 15 is 4.39 Å². The summed E-state index contributed by atoms with van der Waals surface area (Å²) in [7, 11) is 0. The molecule has 0 spiro atoms. The Hall–Kier alpha value is -3.17. The fraction of sp³-hybridized carbons (Fsp3) is 0.533. The van der Waals surface area contributed by atoms with Gasteiger partial charge in [0, 0.05) is 36.6 Å². The molecule has 3 fully saturated rings. The van der Waals surface area contributed by atoms with E-state index in [2.05, 4.69) is 14.9 Å². The molecule has 3 aromatic rings. The molecule has 9 heteroatoms. The van der Waals surface area contributed by atoms with Gasteiger partial charge in [-0.2, -0.15) is 9.97 Å². The number of benzene rings is 1. The highest BCUT2D eigenvalue weighted by atomic mass is 19.1. The Morgan fingerprint density at radius 2 is 1.79 bits per heavy atom. The predicted octanol–water partition coefficient (Wildman–Crippen LogP) is 4.80. The Morgan fingerprint density at radius 1 is 1.08 bits per heavy atom. The molecule has 0 aliphatic carbocycles. The van der Waals surface area contributed by atoms with Gasteiger partial charge < -0.3 is 20.2 Å². The number of nitrogens with one attached hydrogen (secondary N) is 1. The number of anilines is 1. The molecule has 2 N–H and O–H groups in total. The first-order valence-corrected chi connectivity index (χ1v) is 14.0. The van der Waals surface area contributed by atoms with Crippen molar-refractivity contribution in [2.75, 3.05) is 37.7 Å². The third-order valence-electron chi connectivity index (χ3n) is 8.95. The second kappa shape index (κ2) is 9.78. The summed E-state index contributed by atoms with van der Waals surface area (Å²) in [5.41, 5.74) is 2.41. The standard InChI is InChI=1S/C30H37FN6O2/c1-19-7-8-20(2)23(21(19)15-32)26-24(31)25-22(16-33-26)27(36-12-4-9-29(3,38)17-36)35-28(34-25)39-18-30-10-5-13-37(30)14-6-11-30/h7-8,15-16,32,38H,4-6,9-14,17-18H2,1-3H3. The molecule has 0 bridgehead atoms. The Kier molecular flexibility index (Phi) is 6.54. The van der Waals surface area contributed by atoms with Gasteiger partial charge >= 0.3 is 6.01 Å². The molecule has 8 nitrogen and oxygen atoms in total. The molecule has 1 atom stereocenters. The first-order valence-electron chi connectivity index (χ1n) is 14.0. The van der Waals surface area contributed by atoms with Crippen LogP contribution in [-0.4, -0.2) is 75.1 Å². The summed E-state index contributed by atoms with van der Waals surface area (Å²) in [4.78, 5) is 18.5. The predicted molar refractivity (Wildman–Crippen MR) is 150 cm³/mol. The van der Waals surface area contributed by atoms with E-state index < -0.39 is 11.4 Å². The quantitative estimate of drug-likeness (QED) is 0.440. The van der Waals surface area contributed by atoms with Crippen molar-refractivity contribution in [1.82, 2.24) is 19.9 Å². The van der Waals surface area contributed by atoms with Crippen molar-refractivity contribution in [3.05, 3.63) is 40.8 Å². The van der Waals surface area contributed by atoms with Crippen molar-refractivity contribution < 1.29 is 14.2 Å². The van der Waals surface area contributed by atoms with Crippen LogP contribution in [0.5, 0.6) is 6.01 Å². The van der Waals surface area contributed by atoms with Crippen LogP contribution in [0.1, 0.15) is 62.1 Å². The molecule has 3 saturated heterocycles. The van der Waals surface area contributed by atoms with Crippen molar-refractivity contribution in [3.8, 4) is 17.3 Å². The summed E-state index contributed by atoms with van der Waals surface area (Å²) in [6, 6.07) is 4.01. The molecule has 1 aromatic carbocycles. The average Bonchev–Trinajstić information content (AvgIpc) is 3.49. The molecule has 2 aromatic heterocycles. The number of aromatic nitrogens is 3. The summed E-state index contributed by atoms with van der Waals surface area (Å²) < 4.78 is 22.8. The zero-order valence-corrected chi connectivity index (χ0v) is 23.1. The lowest BCUT2D eigenvalue weighted by Gasteiger charge is -2.38. The van der Waals surface area contributed by atoms with Gasteiger partial charge in [-0.15, -0.1) is 0 Å². The number of aliphatic hydroxyl groups is 1. The van der Waals surface area contributed by atoms with E-state index in [1.165, 1.54) is 6.21 Å². The number of hydrogen-bond acceptors (Lipinski definition) is 8. The SMILES string of the molecule is Cc1ccc(C)c(-c2ncc3c(N4CCCC(C)(O)C4)nc(OCC45CCCN4CCC5)nc3c2F)c1C=N. The molecule has 206 valence electrons. The molecule has 0 amide bonds. The molecule has 0 radical (unpaired) electrons. The zero-order chi connectivity index (χ0) is 27.4. The summed E-state index contributed by atoms with van der Waals surface area (Å²) in [6.45, 7) is 9.36. The van der Waals surface area contributed by atoms with E-state index in [-0.39, 0.29) is 22.8 Å². The van der Waals surface area contributed by atoms with E-state index in [0.29, 0.717) is 48.4 Å². The van der Waals surface area contributed by atoms with E-state index in [1.54, 1.807) is 6.20 Å². The fourth-order valence-electron chi connectivity index (χ4n) is 6.90. The van der Waals surface area contributed by atoms with Crippen LogP contribution in [0.3, 0.4) is 0 Å². The van der Waals surface area contributed by atoms with E-state index in [0.717, 1.165) is 56.3 Å². The molecule has 39 heavy (non-hydrogen) atoms. The second-order valence-electron chi connectivity index (χ2n) is 11.9. The topological polar surface area (TPSA) is 98.5 Å². The Labute approximate surface area is 228 Å². The fourth-order valence-corrected chi connectivity index (χ4v) is 6.90. The number of piperidine rings is 1. The van der Waals surface area contributed by atoms with Gasteiger partial charge in [-0.05, 0) is 83.5 Å². The largest absolute Gasteiger partial charge is 0.461 e. The molecule has 1 unspecified atom stereocenters. The van der Waals surface area contributed by atoms with Crippen LogP contribution in [0.15, 0.2) is 18.3 Å². The maximum absolute atomic E-state index is 16.5. The highest BCUT2D eigenvalue weighted by Gasteiger charge is 2.45. The smallest absolute Gasteiger partial charge is 0.319 e. The second-order valence-corrected chi connectivity index (χ2v) is 11.9. The number of fused-ring (bicyclic) bond motifs is 2. The minimum Gasteiger partial charge on any atom is -0.461 e. The third-order valence-corrected chi connectivity index (χ3v) is 8.95. The number of aryl methyl sites for hydroxylation is 2. The number of pyridine rings is 1. The molecule has 6 rings (SSSR count). The molecular formula is C30H37FN6O2. The van der Waals surface area contributed by atoms with Gasteiger partial charge in [0.25, 0.3) is 0 Å². The lowest BCUT2D eigenvalue weighted by molar-refractivity contribution is 0.0447. The number of rotatable bonds is 6. The lowest BCUT2D eigenvalue weighted by Crippen LogP contribution is -2.46. The van der Waals surface area contributed by atoms with Gasteiger partial charge in [-0.3, -0.25) is 9.88 Å². The van der Waals surface area contributed by atoms with E-state index in [4.69, 9.17) is 15.1 Å². The van der Waals surface area contributed by atoms with Crippen molar-refractivity contribution in [2.45, 2.75) is 70.4 Å². The number of hydrogen-bond donors (Lipinski definition) is 2. The van der Waals surface area contributed by atoms with Crippen molar-refractivity contribution in [3.63, 3.8) is 0 Å². The first kappa shape index (κ1) is 26.1. The van der Waals surface area contributed by atoms with Crippen LogP contribution in [-0.2, 0) is 0 Å². The van der Waals surface area contributed by atoms with Gasteiger partial charge in [0.05, 0.1) is 16.5 Å². The Morgan fingerprint density at radius 3 is 2.51 bits per heavy atom. The maximum atomic E-state index is 16.5. The molecular weight excluding hydrogens is 495 g/mol. The summed E-state index contributed by atoms with van der Waals surface area (Å²) in [6.07, 6.45) is 8.87. The maximum Gasteiger partial charge on any atom is 0.319 e. The first-order chi connectivity index (χ1) is 18.7. The summed E-state index contributed by atoms with van der Waals surface area (Å²) in [5.74, 6) is -0.0172. The average molecular weight is 533 g/mol. The molecule has 3 aliphatic heterocycles. The minimum absolute atomic E-state index is 0.00671. The Bertz CT molecular complexity index is 1430. The van der Waals surface area contributed by atoms with Crippen LogP contribution in [0.25, 0.3) is 22.2 Å². The number of halogens is 1. The third kappa shape index (κ3) is 4.55. The molecule has 3 aliphatic rings. The van der Waals surface area contributed by atoms with Gasteiger partial charge in [-0.1, -0.05) is 12.1 Å². The summed E-state index contributed by atoms with van der Waals surface area (Å²) in [5, 5.41) is 19.3. The van der Waals surface area contributed by atoms with E-state index in [9.17, 15) is 5.11 Å². The van der Waals surface area contributed by atoms with Crippen molar-refractivity contribution in [1.29, 1.82) is 5.41 Å². The highest BCUT2D eigenvalue weighted by molar-refractivity contribution is 5.96. The zero-order valence-electron chi connectivity index (χ0n) is 23.1. The van der Waals surface area contributed by atoms with Gasteiger partial charge in [0.15, 0.2) is 5.82 Å². The number of ether oxygens (including phenoxy) is 1. The van der Waals surface area contributed by atoms with E-state index in [1.807, 2.05) is 37.8 Å². The summed E-state index contributed by atoms with van der Waals surface area (Å²) >= 11 is 0. The highest BCUT2D eigenvalue weighted by Crippen LogP contribution is 2.40. The number of β-amino-alcohol motifs (C(OH)–C–C–N with tert-alkyl or cyclic N) is 1. The van der Waals surface area contributed by atoms with Crippen LogP contribution in [0, 0.1) is 25.1 Å². The number of nitrogens with zero attached hydrogens (tertiary/aromatic N) is 5. The van der Waals surface area contributed by atoms with Crippen molar-refractivity contribution in [2.24, 2.45) is 0 Å². The van der Waals surface area contributed by atoms with Crippen LogP contribution < -0.4 is 9.64 Å². The lowest BCUT2D eigenvalue weighted by atomic mass is 9.94. The van der Waals surface area contributed by atoms with Crippen LogP contribution in [0.4, 0.5) is 10.2 Å². The van der Waals surface area contributed by atoms with Crippen LogP contribution >= 0.6 is 0 Å². The minimum atomic E-state index is -0.868. The van der Waals surface area contributed by atoms with Crippen molar-refractivity contribution >= 4 is 22.9 Å². The van der Waals surface area contributed by atoms with Crippen LogP contribution in [0.2, 0.25) is 0 Å². The normalized spacial score (nSPS) is 22.8. The van der Waals surface area contributed by atoms with Gasteiger partial charge in [-0.25, -0.2) is 4.39 Å². The monoisotopic (exact) mass is 532 g/mol. The Balaban J connectivity index is 1.48.